The number of methoxy groups -OCH3 is 1. The van der Waals surface area contributed by atoms with E-state index in [4.69, 9.17) is 10.6 Å². The van der Waals surface area contributed by atoms with Crippen LogP contribution in [0.3, 0.4) is 0 Å². The molecule has 0 aliphatic rings. The number of nitrogens with zero attached hydrogens (tertiary/aromatic N) is 2. The van der Waals surface area contributed by atoms with Crippen LogP contribution in [0, 0.1) is 6.92 Å². The molecule has 0 spiro atoms. The monoisotopic (exact) mass is 250 g/mol. The number of hydrazine groups is 1. The Bertz CT molecular complexity index is 486. The van der Waals surface area contributed by atoms with Crippen LogP contribution >= 0.6 is 11.5 Å². The molecule has 17 heavy (non-hydrogen) atoms. The molecule has 3 N–H and O–H groups in total. The van der Waals surface area contributed by atoms with Crippen molar-refractivity contribution in [3.63, 3.8) is 0 Å². The van der Waals surface area contributed by atoms with Gasteiger partial charge in [-0.3, -0.25) is 5.84 Å². The zero-order valence-electron chi connectivity index (χ0n) is 9.68. The van der Waals surface area contributed by atoms with E-state index in [1.165, 1.54) is 11.5 Å². The summed E-state index contributed by atoms with van der Waals surface area (Å²) in [6.45, 7) is 2.03. The number of nitrogens with one attached hydrogen (secondary N) is 1. The Labute approximate surface area is 104 Å². The zero-order valence-corrected chi connectivity index (χ0v) is 10.5. The molecule has 2 aromatic rings. The van der Waals surface area contributed by atoms with Gasteiger partial charge in [0, 0.05) is 5.56 Å². The highest BCUT2D eigenvalue weighted by atomic mass is 32.1. The second-order valence-electron chi connectivity index (χ2n) is 3.66. The first-order chi connectivity index (χ1) is 8.26. The van der Waals surface area contributed by atoms with Crippen molar-refractivity contribution in [2.24, 2.45) is 5.84 Å². The van der Waals surface area contributed by atoms with E-state index in [9.17, 15) is 0 Å². The smallest absolute Gasteiger partial charge is 0.124 e. The topological polar surface area (TPSA) is 73.1 Å². The van der Waals surface area contributed by atoms with Crippen molar-refractivity contribution in [2.75, 3.05) is 7.11 Å². The van der Waals surface area contributed by atoms with Crippen molar-refractivity contribution in [2.45, 2.75) is 13.0 Å². The maximum Gasteiger partial charge on any atom is 0.124 e. The van der Waals surface area contributed by atoms with Crippen molar-refractivity contribution in [1.29, 1.82) is 0 Å². The molecule has 1 atom stereocenters. The fourth-order valence-electron chi connectivity index (χ4n) is 1.71. The van der Waals surface area contributed by atoms with Crippen molar-refractivity contribution in [1.82, 2.24) is 15.0 Å². The van der Waals surface area contributed by atoms with Gasteiger partial charge in [-0.2, -0.15) is 0 Å². The highest BCUT2D eigenvalue weighted by molar-refractivity contribution is 7.05. The first-order valence-electron chi connectivity index (χ1n) is 5.14. The normalized spacial score (nSPS) is 12.4. The minimum atomic E-state index is -0.148. The third kappa shape index (κ3) is 2.44. The first-order valence-corrected chi connectivity index (χ1v) is 5.91. The number of benzene rings is 1. The molecule has 0 bridgehead atoms. The molecule has 1 aromatic carbocycles. The van der Waals surface area contributed by atoms with Crippen molar-refractivity contribution in [3.05, 3.63) is 40.4 Å². The predicted molar refractivity (Wildman–Crippen MR) is 66.8 cm³/mol. The number of ether oxygens (including phenoxy) is 1. The minimum absolute atomic E-state index is 0.148. The maximum atomic E-state index is 5.62. The van der Waals surface area contributed by atoms with E-state index in [0.29, 0.717) is 0 Å². The Morgan fingerprint density at radius 1 is 1.47 bits per heavy atom. The molecular formula is C11H14N4OS. The summed E-state index contributed by atoms with van der Waals surface area (Å²) in [6.07, 6.45) is 1.71. The van der Waals surface area contributed by atoms with Crippen LogP contribution < -0.4 is 16.0 Å². The van der Waals surface area contributed by atoms with Crippen LogP contribution in [0.5, 0.6) is 5.75 Å². The molecule has 0 aliphatic carbocycles. The summed E-state index contributed by atoms with van der Waals surface area (Å²) in [4.78, 5) is 0.955. The summed E-state index contributed by atoms with van der Waals surface area (Å²) in [5.74, 6) is 6.41. The van der Waals surface area contributed by atoms with E-state index in [1.54, 1.807) is 13.3 Å². The van der Waals surface area contributed by atoms with Crippen LogP contribution in [0.1, 0.15) is 22.0 Å². The van der Waals surface area contributed by atoms with Crippen molar-refractivity contribution >= 4 is 11.5 Å². The Morgan fingerprint density at radius 2 is 2.29 bits per heavy atom. The third-order valence-electron chi connectivity index (χ3n) is 2.53. The molecule has 6 heteroatoms. The van der Waals surface area contributed by atoms with Crippen LogP contribution in [0.2, 0.25) is 0 Å². The number of aryl methyl sites for hydroxylation is 1. The van der Waals surface area contributed by atoms with E-state index in [0.717, 1.165) is 21.8 Å². The first kappa shape index (κ1) is 12.0. The largest absolute Gasteiger partial charge is 0.496 e. The Morgan fingerprint density at radius 3 is 2.88 bits per heavy atom. The minimum Gasteiger partial charge on any atom is -0.496 e. The standard InChI is InChI=1S/C11H14N4OS/c1-7-3-4-9(16-2)8(5-7)11(14-12)10-6-13-15-17-10/h3-6,11,14H,12H2,1-2H3. The molecule has 0 aliphatic heterocycles. The number of rotatable bonds is 4. The highest BCUT2D eigenvalue weighted by Gasteiger charge is 2.19. The van der Waals surface area contributed by atoms with Gasteiger partial charge >= 0.3 is 0 Å². The van der Waals surface area contributed by atoms with E-state index in [1.807, 2.05) is 25.1 Å². The summed E-state index contributed by atoms with van der Waals surface area (Å²) < 4.78 is 9.20. The lowest BCUT2D eigenvalue weighted by molar-refractivity contribution is 0.404. The third-order valence-corrected chi connectivity index (χ3v) is 3.25. The van der Waals surface area contributed by atoms with Gasteiger partial charge in [-0.05, 0) is 24.5 Å². The molecule has 5 nitrogen and oxygen atoms in total. The van der Waals surface area contributed by atoms with Gasteiger partial charge < -0.3 is 4.74 Å². The lowest BCUT2D eigenvalue weighted by Gasteiger charge is -2.17. The summed E-state index contributed by atoms with van der Waals surface area (Å²) in [5, 5.41) is 3.83. The van der Waals surface area contributed by atoms with Crippen LogP contribution in [0.15, 0.2) is 24.4 Å². The van der Waals surface area contributed by atoms with E-state index in [-0.39, 0.29) is 6.04 Å². The van der Waals surface area contributed by atoms with Gasteiger partial charge in [0.2, 0.25) is 0 Å². The fourth-order valence-corrected chi connectivity index (χ4v) is 2.29. The SMILES string of the molecule is COc1ccc(C)cc1C(NN)c1cnns1. The molecular weight excluding hydrogens is 236 g/mol. The average Bonchev–Trinajstić information content (AvgIpc) is 2.84. The quantitative estimate of drug-likeness (QED) is 0.634. The van der Waals surface area contributed by atoms with E-state index in [2.05, 4.69) is 15.0 Å². The summed E-state index contributed by atoms with van der Waals surface area (Å²) in [5.41, 5.74) is 4.91. The number of nitrogens with two attached hydrogens (primary N) is 1. The molecule has 0 radical (unpaired) electrons. The van der Waals surface area contributed by atoms with Gasteiger partial charge in [0.15, 0.2) is 0 Å². The molecule has 0 saturated heterocycles. The number of hydrogen-bond donors (Lipinski definition) is 2. The van der Waals surface area contributed by atoms with Gasteiger partial charge in [0.1, 0.15) is 5.75 Å². The fraction of sp³-hybridized carbons (Fsp3) is 0.273. The number of hydrogen-bond acceptors (Lipinski definition) is 6. The predicted octanol–water partition coefficient (Wildman–Crippen LogP) is 1.41. The molecule has 1 unspecified atom stereocenters. The molecule has 0 saturated carbocycles. The van der Waals surface area contributed by atoms with Gasteiger partial charge in [0.05, 0.1) is 24.2 Å². The van der Waals surface area contributed by atoms with Gasteiger partial charge in [0.25, 0.3) is 0 Å². The molecule has 90 valence electrons. The van der Waals surface area contributed by atoms with Gasteiger partial charge in [-0.25, -0.2) is 5.43 Å². The molecule has 1 aromatic heterocycles. The van der Waals surface area contributed by atoms with Crippen LogP contribution in [-0.4, -0.2) is 16.7 Å². The second kappa shape index (κ2) is 5.22. The van der Waals surface area contributed by atoms with Crippen LogP contribution in [0.25, 0.3) is 0 Å². The van der Waals surface area contributed by atoms with E-state index < -0.39 is 0 Å². The summed E-state index contributed by atoms with van der Waals surface area (Å²) in [7, 11) is 1.65. The molecule has 2 rings (SSSR count). The summed E-state index contributed by atoms with van der Waals surface area (Å²) in [6, 6.07) is 5.83. The van der Waals surface area contributed by atoms with Gasteiger partial charge in [-0.15, -0.1) is 5.10 Å². The Kier molecular flexibility index (Phi) is 3.68. The lowest BCUT2D eigenvalue weighted by Crippen LogP contribution is -2.28. The Hall–Kier alpha value is -1.50. The highest BCUT2D eigenvalue weighted by Crippen LogP contribution is 2.31. The number of aromatic nitrogens is 2. The Balaban J connectivity index is 2.46. The van der Waals surface area contributed by atoms with E-state index >= 15 is 0 Å². The van der Waals surface area contributed by atoms with Crippen LogP contribution in [-0.2, 0) is 0 Å². The van der Waals surface area contributed by atoms with Crippen LogP contribution in [0.4, 0.5) is 0 Å². The molecule has 0 amide bonds. The molecule has 0 fully saturated rings. The van der Waals surface area contributed by atoms with Crippen molar-refractivity contribution in [3.8, 4) is 5.75 Å². The molecule has 1 heterocycles. The van der Waals surface area contributed by atoms with Gasteiger partial charge in [-0.1, -0.05) is 22.2 Å². The lowest BCUT2D eigenvalue weighted by atomic mass is 10.0. The summed E-state index contributed by atoms with van der Waals surface area (Å²) >= 11 is 1.32. The van der Waals surface area contributed by atoms with Crippen molar-refractivity contribution < 1.29 is 4.74 Å². The average molecular weight is 250 g/mol. The maximum absolute atomic E-state index is 5.62. The second-order valence-corrected chi connectivity index (χ2v) is 4.48. The zero-order chi connectivity index (χ0) is 12.3.